The minimum Gasteiger partial charge on any atom is -0.481 e. The van der Waals surface area contributed by atoms with E-state index in [2.05, 4.69) is 29.6 Å². The van der Waals surface area contributed by atoms with Gasteiger partial charge < -0.3 is 20.1 Å². The van der Waals surface area contributed by atoms with Crippen molar-refractivity contribution in [1.29, 1.82) is 0 Å². The lowest BCUT2D eigenvalue weighted by atomic mass is 9.93. The Morgan fingerprint density at radius 3 is 2.20 bits per heavy atom. The summed E-state index contributed by atoms with van der Waals surface area (Å²) in [4.78, 5) is 39.7. The number of carboxylic acid groups (broad SMARTS) is 1. The number of carbonyl (C=O) groups is 3. The number of carbonyl (C=O) groups excluding carboxylic acids is 2. The standard InChI is InChI=1S/C28H32N2O5/c1-3-17(2)24(25(31)30-14-23(26(32)33)28(16-30)12-13-28)29-27(34)35-15-22-20-10-6-4-8-18(20)19-9-5-7-11-21(19)22/h4-11,17,22-24H,3,12-16H2,1-2H3,(H,29,34)(H,32,33). The van der Waals surface area contributed by atoms with Crippen molar-refractivity contribution in [3.8, 4) is 11.1 Å². The number of hydrogen-bond donors (Lipinski definition) is 2. The molecule has 1 heterocycles. The lowest BCUT2D eigenvalue weighted by Gasteiger charge is -2.28. The van der Waals surface area contributed by atoms with Crippen LogP contribution in [0.15, 0.2) is 48.5 Å². The fourth-order valence-electron chi connectivity index (χ4n) is 5.79. The number of alkyl carbamates (subject to hydrolysis) is 1. The number of hydrogen-bond acceptors (Lipinski definition) is 4. The molecular formula is C28H32N2O5. The van der Waals surface area contributed by atoms with Crippen LogP contribution in [-0.2, 0) is 14.3 Å². The minimum atomic E-state index is -0.845. The quantitative estimate of drug-likeness (QED) is 0.622. The summed E-state index contributed by atoms with van der Waals surface area (Å²) in [6, 6.07) is 15.5. The van der Waals surface area contributed by atoms with Crippen molar-refractivity contribution in [3.05, 3.63) is 59.7 Å². The molecule has 2 aliphatic carbocycles. The summed E-state index contributed by atoms with van der Waals surface area (Å²) in [5, 5.41) is 12.4. The molecule has 1 saturated carbocycles. The van der Waals surface area contributed by atoms with E-state index in [0.29, 0.717) is 13.0 Å². The van der Waals surface area contributed by atoms with Crippen molar-refractivity contribution in [3.63, 3.8) is 0 Å². The molecule has 2 fully saturated rings. The fourth-order valence-corrected chi connectivity index (χ4v) is 5.79. The Morgan fingerprint density at radius 1 is 1.09 bits per heavy atom. The van der Waals surface area contributed by atoms with Crippen molar-refractivity contribution in [2.75, 3.05) is 19.7 Å². The lowest BCUT2D eigenvalue weighted by molar-refractivity contribution is -0.143. The summed E-state index contributed by atoms with van der Waals surface area (Å²) >= 11 is 0. The summed E-state index contributed by atoms with van der Waals surface area (Å²) in [5.74, 6) is -1.76. The Hall–Kier alpha value is -3.35. The molecule has 7 nitrogen and oxygen atoms in total. The molecule has 0 bridgehead atoms. The summed E-state index contributed by atoms with van der Waals surface area (Å²) in [6.07, 6.45) is 1.74. The van der Waals surface area contributed by atoms with Crippen LogP contribution in [0.25, 0.3) is 11.1 Å². The molecule has 5 rings (SSSR count). The highest BCUT2D eigenvalue weighted by molar-refractivity contribution is 5.87. The molecule has 7 heteroatoms. The predicted octanol–water partition coefficient (Wildman–Crippen LogP) is 4.26. The average molecular weight is 477 g/mol. The molecule has 2 N–H and O–H groups in total. The number of aliphatic carboxylic acids is 1. The van der Waals surface area contributed by atoms with Gasteiger partial charge in [-0.25, -0.2) is 4.79 Å². The molecule has 3 unspecified atom stereocenters. The molecule has 0 aromatic heterocycles. The number of ether oxygens (including phenoxy) is 1. The van der Waals surface area contributed by atoms with E-state index in [9.17, 15) is 19.5 Å². The Balaban J connectivity index is 1.26. The Kier molecular flexibility index (Phi) is 6.03. The van der Waals surface area contributed by atoms with Crippen LogP contribution in [-0.4, -0.2) is 53.7 Å². The third-order valence-electron chi connectivity index (χ3n) is 8.25. The fraction of sp³-hybridized carbons (Fsp3) is 0.464. The number of nitrogens with zero attached hydrogens (tertiary/aromatic N) is 1. The van der Waals surface area contributed by atoms with E-state index in [4.69, 9.17) is 4.74 Å². The molecule has 2 amide bonds. The van der Waals surface area contributed by atoms with Gasteiger partial charge in [-0.1, -0.05) is 68.8 Å². The van der Waals surface area contributed by atoms with E-state index in [1.165, 1.54) is 0 Å². The van der Waals surface area contributed by atoms with Crippen LogP contribution in [0.4, 0.5) is 4.79 Å². The molecule has 2 aromatic rings. The topological polar surface area (TPSA) is 95.9 Å². The number of amides is 2. The second-order valence-electron chi connectivity index (χ2n) is 10.3. The van der Waals surface area contributed by atoms with Crippen molar-refractivity contribution in [2.45, 2.75) is 45.1 Å². The average Bonchev–Trinajstić information content (AvgIpc) is 3.41. The van der Waals surface area contributed by atoms with Gasteiger partial charge in [-0.2, -0.15) is 0 Å². The van der Waals surface area contributed by atoms with Crippen LogP contribution in [0.2, 0.25) is 0 Å². The van der Waals surface area contributed by atoms with Crippen LogP contribution >= 0.6 is 0 Å². The van der Waals surface area contributed by atoms with Gasteiger partial charge in [-0.3, -0.25) is 9.59 Å². The number of rotatable bonds is 7. The van der Waals surface area contributed by atoms with Gasteiger partial charge >= 0.3 is 12.1 Å². The van der Waals surface area contributed by atoms with E-state index in [-0.39, 0.29) is 36.3 Å². The molecule has 3 aliphatic rings. The zero-order valence-corrected chi connectivity index (χ0v) is 20.2. The zero-order valence-electron chi connectivity index (χ0n) is 20.2. The summed E-state index contributed by atoms with van der Waals surface area (Å²) in [5.41, 5.74) is 4.28. The highest BCUT2D eigenvalue weighted by atomic mass is 16.5. The number of nitrogens with one attached hydrogen (secondary N) is 1. The molecule has 1 saturated heterocycles. The molecule has 3 atom stereocenters. The van der Waals surface area contributed by atoms with Crippen LogP contribution in [0.5, 0.6) is 0 Å². The first kappa shape index (κ1) is 23.4. The van der Waals surface area contributed by atoms with Crippen molar-refractivity contribution < 1.29 is 24.2 Å². The highest BCUT2D eigenvalue weighted by Crippen LogP contribution is 2.56. The third kappa shape index (κ3) is 4.17. The first-order valence-electron chi connectivity index (χ1n) is 12.5. The smallest absolute Gasteiger partial charge is 0.407 e. The largest absolute Gasteiger partial charge is 0.481 e. The maximum atomic E-state index is 13.4. The maximum Gasteiger partial charge on any atom is 0.407 e. The van der Waals surface area contributed by atoms with Gasteiger partial charge in [0.25, 0.3) is 0 Å². The Labute approximate surface area is 205 Å². The van der Waals surface area contributed by atoms with Gasteiger partial charge in [0.05, 0.1) is 5.92 Å². The van der Waals surface area contributed by atoms with Gasteiger partial charge in [0, 0.05) is 24.4 Å². The Bertz CT molecular complexity index is 1110. The SMILES string of the molecule is CCC(C)C(NC(=O)OCC1c2ccccc2-c2ccccc21)C(=O)N1CC(C(=O)O)C2(CC2)C1. The van der Waals surface area contributed by atoms with E-state index in [1.807, 2.05) is 38.1 Å². The van der Waals surface area contributed by atoms with Crippen molar-refractivity contribution >= 4 is 18.0 Å². The first-order chi connectivity index (χ1) is 16.8. The Morgan fingerprint density at radius 2 is 1.69 bits per heavy atom. The van der Waals surface area contributed by atoms with Gasteiger partial charge in [0.15, 0.2) is 0 Å². The molecule has 35 heavy (non-hydrogen) atoms. The monoisotopic (exact) mass is 476 g/mol. The third-order valence-corrected chi connectivity index (χ3v) is 8.25. The summed E-state index contributed by atoms with van der Waals surface area (Å²) in [7, 11) is 0. The van der Waals surface area contributed by atoms with Crippen LogP contribution < -0.4 is 5.32 Å². The predicted molar refractivity (Wildman–Crippen MR) is 131 cm³/mol. The van der Waals surface area contributed by atoms with E-state index < -0.39 is 24.0 Å². The second kappa shape index (κ2) is 9.02. The molecular weight excluding hydrogens is 444 g/mol. The zero-order chi connectivity index (χ0) is 24.7. The van der Waals surface area contributed by atoms with E-state index >= 15 is 0 Å². The van der Waals surface area contributed by atoms with Crippen molar-refractivity contribution in [1.82, 2.24) is 10.2 Å². The molecule has 184 valence electrons. The van der Waals surface area contributed by atoms with Crippen LogP contribution in [0.1, 0.15) is 50.2 Å². The number of benzene rings is 2. The highest BCUT2D eigenvalue weighted by Gasteiger charge is 2.59. The molecule has 1 spiro atoms. The van der Waals surface area contributed by atoms with Gasteiger partial charge in [-0.15, -0.1) is 0 Å². The number of likely N-dealkylation sites (tertiary alicyclic amines) is 1. The normalized spacial score (nSPS) is 21.2. The summed E-state index contributed by atoms with van der Waals surface area (Å²) in [6.45, 7) is 4.71. The van der Waals surface area contributed by atoms with E-state index in [0.717, 1.165) is 35.1 Å². The van der Waals surface area contributed by atoms with Crippen molar-refractivity contribution in [2.24, 2.45) is 17.3 Å². The van der Waals surface area contributed by atoms with Gasteiger partial charge in [0.1, 0.15) is 12.6 Å². The molecule has 0 radical (unpaired) electrons. The number of fused-ring (bicyclic) bond motifs is 3. The number of carboxylic acids is 1. The minimum absolute atomic E-state index is 0.0597. The van der Waals surface area contributed by atoms with Crippen LogP contribution in [0, 0.1) is 17.3 Å². The lowest BCUT2D eigenvalue weighted by Crippen LogP contribution is -2.51. The van der Waals surface area contributed by atoms with E-state index in [1.54, 1.807) is 4.90 Å². The maximum absolute atomic E-state index is 13.4. The van der Waals surface area contributed by atoms with Gasteiger partial charge in [0.2, 0.25) is 5.91 Å². The van der Waals surface area contributed by atoms with Gasteiger partial charge in [-0.05, 0) is 41.0 Å². The first-order valence-corrected chi connectivity index (χ1v) is 12.5. The molecule has 2 aromatic carbocycles. The summed E-state index contributed by atoms with van der Waals surface area (Å²) < 4.78 is 5.68. The second-order valence-corrected chi connectivity index (χ2v) is 10.3. The molecule has 1 aliphatic heterocycles. The van der Waals surface area contributed by atoms with Crippen LogP contribution in [0.3, 0.4) is 0 Å².